The van der Waals surface area contributed by atoms with Crippen molar-refractivity contribution in [2.75, 3.05) is 7.11 Å². The Hall–Kier alpha value is -1.55. The van der Waals surface area contributed by atoms with Gasteiger partial charge in [-0.2, -0.15) is 0 Å². The lowest BCUT2D eigenvalue weighted by atomic mass is 10.3. The monoisotopic (exact) mass is 224 g/mol. The van der Waals surface area contributed by atoms with Crippen molar-refractivity contribution < 1.29 is 9.53 Å². The minimum Gasteiger partial charge on any atom is -0.465 e. The average Bonchev–Trinajstić information content (AvgIpc) is 2.60. The second-order valence-corrected chi connectivity index (χ2v) is 3.56. The summed E-state index contributed by atoms with van der Waals surface area (Å²) in [5.41, 5.74) is 1.89. The standard InChI is InChI=1S/C10H9ClN2O2/c1-6-3-8(11)13-5-7(10(14)15-2)4-9(13)12-6/h3-5H,1-2H3. The molecule has 78 valence electrons. The number of esters is 1. The maximum Gasteiger partial charge on any atom is 0.339 e. The number of fused-ring (bicyclic) bond motifs is 1. The lowest BCUT2D eigenvalue weighted by Crippen LogP contribution is -1.98. The number of aryl methyl sites for hydroxylation is 1. The van der Waals surface area contributed by atoms with Gasteiger partial charge in [-0.1, -0.05) is 11.6 Å². The molecule has 2 aromatic heterocycles. The van der Waals surface area contributed by atoms with Crippen molar-refractivity contribution in [3.63, 3.8) is 0 Å². The van der Waals surface area contributed by atoms with Crippen molar-refractivity contribution >= 4 is 23.2 Å². The van der Waals surface area contributed by atoms with Gasteiger partial charge in [0.25, 0.3) is 0 Å². The molecule has 0 radical (unpaired) electrons. The topological polar surface area (TPSA) is 43.6 Å². The number of ether oxygens (including phenoxy) is 1. The summed E-state index contributed by atoms with van der Waals surface area (Å²) >= 11 is 5.99. The second kappa shape index (κ2) is 3.55. The van der Waals surface area contributed by atoms with E-state index in [1.807, 2.05) is 6.92 Å². The molecule has 0 atom stereocenters. The molecule has 0 aliphatic rings. The van der Waals surface area contributed by atoms with Gasteiger partial charge in [-0.15, -0.1) is 0 Å². The Labute approximate surface area is 91.4 Å². The van der Waals surface area contributed by atoms with Crippen LogP contribution in [0.1, 0.15) is 16.1 Å². The maximum atomic E-state index is 11.3. The van der Waals surface area contributed by atoms with Gasteiger partial charge in [-0.05, 0) is 19.1 Å². The first kappa shape index (κ1) is 9.98. The highest BCUT2D eigenvalue weighted by Crippen LogP contribution is 2.16. The zero-order valence-electron chi connectivity index (χ0n) is 8.32. The lowest BCUT2D eigenvalue weighted by molar-refractivity contribution is 0.0601. The quantitative estimate of drug-likeness (QED) is 0.550. The zero-order chi connectivity index (χ0) is 11.0. The molecule has 0 bridgehead atoms. The number of hydrogen-bond acceptors (Lipinski definition) is 3. The first-order valence-electron chi connectivity index (χ1n) is 4.35. The Bertz CT molecular complexity index is 533. The van der Waals surface area contributed by atoms with Crippen molar-refractivity contribution in [1.82, 2.24) is 9.38 Å². The van der Waals surface area contributed by atoms with Crippen molar-refractivity contribution in [3.05, 3.63) is 34.7 Å². The van der Waals surface area contributed by atoms with Crippen molar-refractivity contribution in [3.8, 4) is 0 Å². The van der Waals surface area contributed by atoms with Gasteiger partial charge in [0.15, 0.2) is 0 Å². The summed E-state index contributed by atoms with van der Waals surface area (Å²) in [5, 5.41) is 0.521. The van der Waals surface area contributed by atoms with Crippen molar-refractivity contribution in [1.29, 1.82) is 0 Å². The Morgan fingerprint density at radius 2 is 2.27 bits per heavy atom. The van der Waals surface area contributed by atoms with Crippen LogP contribution in [0.3, 0.4) is 0 Å². The molecule has 0 spiro atoms. The fourth-order valence-electron chi connectivity index (χ4n) is 1.39. The Morgan fingerprint density at radius 1 is 1.53 bits per heavy atom. The van der Waals surface area contributed by atoms with Crippen LogP contribution in [0.2, 0.25) is 5.15 Å². The molecule has 5 heteroatoms. The number of carbonyl (C=O) groups excluding carboxylic acids is 1. The lowest BCUT2D eigenvalue weighted by Gasteiger charge is -1.98. The van der Waals surface area contributed by atoms with Crippen LogP contribution < -0.4 is 0 Å². The molecule has 0 aliphatic heterocycles. The third-order valence-corrected chi connectivity index (χ3v) is 2.36. The molecular formula is C10H9ClN2O2. The van der Waals surface area contributed by atoms with E-state index in [1.54, 1.807) is 22.7 Å². The average molecular weight is 225 g/mol. The summed E-state index contributed by atoms with van der Waals surface area (Å²) in [4.78, 5) is 15.5. The van der Waals surface area contributed by atoms with Crippen LogP contribution in [0, 0.1) is 6.92 Å². The summed E-state index contributed by atoms with van der Waals surface area (Å²) in [7, 11) is 1.34. The second-order valence-electron chi connectivity index (χ2n) is 3.17. The van der Waals surface area contributed by atoms with E-state index in [2.05, 4.69) is 9.72 Å². The molecule has 0 aromatic carbocycles. The van der Waals surface area contributed by atoms with Crippen LogP contribution in [0.5, 0.6) is 0 Å². The summed E-state index contributed by atoms with van der Waals surface area (Å²) in [6.45, 7) is 1.84. The first-order chi connectivity index (χ1) is 7.11. The maximum absolute atomic E-state index is 11.3. The van der Waals surface area contributed by atoms with Crippen LogP contribution >= 0.6 is 11.6 Å². The predicted octanol–water partition coefficient (Wildman–Crippen LogP) is 2.08. The molecule has 0 unspecified atom stereocenters. The normalized spacial score (nSPS) is 10.6. The van der Waals surface area contributed by atoms with E-state index in [9.17, 15) is 4.79 Å². The predicted molar refractivity (Wildman–Crippen MR) is 56.3 cm³/mol. The number of hydrogen-bond donors (Lipinski definition) is 0. The zero-order valence-corrected chi connectivity index (χ0v) is 9.08. The van der Waals surface area contributed by atoms with E-state index in [-0.39, 0.29) is 0 Å². The van der Waals surface area contributed by atoms with Crippen LogP contribution in [-0.2, 0) is 4.74 Å². The number of rotatable bonds is 1. The highest BCUT2D eigenvalue weighted by molar-refractivity contribution is 6.29. The van der Waals surface area contributed by atoms with Crippen LogP contribution in [-0.4, -0.2) is 22.5 Å². The minimum absolute atomic E-state index is 0.394. The van der Waals surface area contributed by atoms with Gasteiger partial charge in [-0.25, -0.2) is 9.78 Å². The number of aromatic nitrogens is 2. The van der Waals surface area contributed by atoms with E-state index in [4.69, 9.17) is 11.6 Å². The fourth-order valence-corrected chi connectivity index (χ4v) is 1.69. The van der Waals surface area contributed by atoms with Gasteiger partial charge >= 0.3 is 5.97 Å². The molecule has 2 aromatic rings. The van der Waals surface area contributed by atoms with Crippen LogP contribution in [0.25, 0.3) is 5.65 Å². The van der Waals surface area contributed by atoms with Gasteiger partial charge < -0.3 is 4.74 Å². The van der Waals surface area contributed by atoms with Crippen LogP contribution in [0.15, 0.2) is 18.3 Å². The van der Waals surface area contributed by atoms with Gasteiger partial charge in [0.1, 0.15) is 10.8 Å². The summed E-state index contributed by atoms with van der Waals surface area (Å²) in [5.74, 6) is -0.394. The molecule has 15 heavy (non-hydrogen) atoms. The summed E-state index contributed by atoms with van der Waals surface area (Å²) < 4.78 is 6.25. The Kier molecular flexibility index (Phi) is 2.36. The van der Waals surface area contributed by atoms with E-state index in [0.717, 1.165) is 5.69 Å². The highest BCUT2D eigenvalue weighted by Gasteiger charge is 2.11. The smallest absolute Gasteiger partial charge is 0.339 e. The number of nitrogens with zero attached hydrogens (tertiary/aromatic N) is 2. The first-order valence-corrected chi connectivity index (χ1v) is 4.73. The molecule has 4 nitrogen and oxygen atoms in total. The van der Waals surface area contributed by atoms with Gasteiger partial charge in [0.2, 0.25) is 0 Å². The molecular weight excluding hydrogens is 216 g/mol. The van der Waals surface area contributed by atoms with Gasteiger partial charge in [0, 0.05) is 11.9 Å². The van der Waals surface area contributed by atoms with Gasteiger partial charge in [0.05, 0.1) is 12.7 Å². The largest absolute Gasteiger partial charge is 0.465 e. The minimum atomic E-state index is -0.394. The molecule has 0 fully saturated rings. The fraction of sp³-hybridized carbons (Fsp3) is 0.200. The molecule has 0 N–H and O–H groups in total. The van der Waals surface area contributed by atoms with E-state index in [1.165, 1.54) is 7.11 Å². The van der Waals surface area contributed by atoms with Crippen molar-refractivity contribution in [2.45, 2.75) is 6.92 Å². The number of carbonyl (C=O) groups is 1. The summed E-state index contributed by atoms with van der Waals surface area (Å²) in [6.07, 6.45) is 1.61. The van der Waals surface area contributed by atoms with Crippen LogP contribution in [0.4, 0.5) is 0 Å². The summed E-state index contributed by atoms with van der Waals surface area (Å²) in [6, 6.07) is 3.38. The Balaban J connectivity index is 2.65. The third kappa shape index (κ3) is 1.68. The molecule has 0 aliphatic carbocycles. The van der Waals surface area contributed by atoms with E-state index in [0.29, 0.717) is 16.4 Å². The number of halogens is 1. The molecule has 0 saturated carbocycles. The van der Waals surface area contributed by atoms with Crippen molar-refractivity contribution in [2.24, 2.45) is 0 Å². The van der Waals surface area contributed by atoms with Gasteiger partial charge in [-0.3, -0.25) is 4.40 Å². The molecule has 0 amide bonds. The third-order valence-electron chi connectivity index (χ3n) is 2.07. The van der Waals surface area contributed by atoms with E-state index >= 15 is 0 Å². The molecule has 2 heterocycles. The highest BCUT2D eigenvalue weighted by atomic mass is 35.5. The Morgan fingerprint density at radius 3 is 2.93 bits per heavy atom. The SMILES string of the molecule is COC(=O)c1cc2nc(C)cc(Cl)n2c1. The molecule has 2 rings (SSSR count). The molecule has 0 saturated heterocycles. The van der Waals surface area contributed by atoms with E-state index < -0.39 is 5.97 Å². The number of methoxy groups -OCH3 is 1.